The van der Waals surface area contributed by atoms with Crippen LogP contribution in [0.2, 0.25) is 0 Å². The number of nitrogens with two attached hydrogens (primary N) is 2. The number of primary amides is 1. The predicted octanol–water partition coefficient (Wildman–Crippen LogP) is -1.29. The van der Waals surface area contributed by atoms with Crippen LogP contribution < -0.4 is 16.8 Å². The average molecular weight is 177 g/mol. The van der Waals surface area contributed by atoms with Crippen LogP contribution in [0.5, 0.6) is 0 Å². The number of thiol groups is 1. The van der Waals surface area contributed by atoms with Crippen LogP contribution in [0.4, 0.5) is 0 Å². The topological polar surface area (TPSA) is 81.1 Å². The highest BCUT2D eigenvalue weighted by Gasteiger charge is 2.27. The Kier molecular flexibility index (Phi) is 4.48. The standard InChI is InChI=1S/C6H15N3OS/c1-6(4-11,5(8)10)9-3-2-7/h9,11H,2-4,7H2,1H3,(H2,8,10)/t6-/m0/s1. The molecule has 5 heteroatoms. The largest absolute Gasteiger partial charge is 0.368 e. The first-order valence-electron chi connectivity index (χ1n) is 3.42. The second-order valence-corrected chi connectivity index (χ2v) is 2.89. The SMILES string of the molecule is C[C@@](CS)(NCCN)C(N)=O. The van der Waals surface area contributed by atoms with Gasteiger partial charge in [0, 0.05) is 18.8 Å². The minimum Gasteiger partial charge on any atom is -0.368 e. The van der Waals surface area contributed by atoms with E-state index in [1.165, 1.54) is 0 Å². The maximum Gasteiger partial charge on any atom is 0.238 e. The van der Waals surface area contributed by atoms with Crippen molar-refractivity contribution >= 4 is 18.5 Å². The van der Waals surface area contributed by atoms with Crippen molar-refractivity contribution in [2.45, 2.75) is 12.5 Å². The van der Waals surface area contributed by atoms with E-state index in [4.69, 9.17) is 11.5 Å². The van der Waals surface area contributed by atoms with Gasteiger partial charge in [-0.15, -0.1) is 0 Å². The van der Waals surface area contributed by atoms with Crippen LogP contribution >= 0.6 is 12.6 Å². The summed E-state index contributed by atoms with van der Waals surface area (Å²) in [6.07, 6.45) is 0. The van der Waals surface area contributed by atoms with E-state index in [0.29, 0.717) is 18.8 Å². The van der Waals surface area contributed by atoms with Crippen LogP contribution in [0.15, 0.2) is 0 Å². The lowest BCUT2D eigenvalue weighted by Crippen LogP contribution is -2.55. The van der Waals surface area contributed by atoms with E-state index in [2.05, 4.69) is 17.9 Å². The van der Waals surface area contributed by atoms with Crippen LogP contribution in [-0.4, -0.2) is 30.3 Å². The molecule has 0 aliphatic heterocycles. The van der Waals surface area contributed by atoms with Crippen molar-refractivity contribution in [3.05, 3.63) is 0 Å². The van der Waals surface area contributed by atoms with Gasteiger partial charge in [0.25, 0.3) is 0 Å². The lowest BCUT2D eigenvalue weighted by atomic mass is 10.1. The van der Waals surface area contributed by atoms with Crippen molar-refractivity contribution in [2.24, 2.45) is 11.5 Å². The third-order valence-electron chi connectivity index (χ3n) is 1.52. The molecule has 0 bridgehead atoms. The van der Waals surface area contributed by atoms with Gasteiger partial charge in [-0.05, 0) is 6.92 Å². The van der Waals surface area contributed by atoms with Crippen molar-refractivity contribution in [1.29, 1.82) is 0 Å². The quantitative estimate of drug-likeness (QED) is 0.394. The Labute approximate surface area is 72.1 Å². The minimum atomic E-state index is -0.734. The normalized spacial score (nSPS) is 15.9. The molecule has 0 fully saturated rings. The van der Waals surface area contributed by atoms with Crippen LogP contribution in [-0.2, 0) is 4.79 Å². The second kappa shape index (κ2) is 4.58. The molecule has 1 amide bonds. The Morgan fingerprint density at radius 1 is 1.73 bits per heavy atom. The fourth-order valence-electron chi connectivity index (χ4n) is 0.569. The molecule has 1 atom stereocenters. The van der Waals surface area contributed by atoms with Crippen molar-refractivity contribution in [3.8, 4) is 0 Å². The predicted molar refractivity (Wildman–Crippen MR) is 48.5 cm³/mol. The first kappa shape index (κ1) is 10.7. The molecule has 11 heavy (non-hydrogen) atoms. The molecular formula is C6H15N3OS. The first-order chi connectivity index (χ1) is 5.06. The van der Waals surface area contributed by atoms with E-state index in [1.54, 1.807) is 6.92 Å². The lowest BCUT2D eigenvalue weighted by Gasteiger charge is -2.24. The zero-order valence-corrected chi connectivity index (χ0v) is 7.53. The molecule has 0 saturated heterocycles. The highest BCUT2D eigenvalue weighted by atomic mass is 32.1. The molecule has 0 radical (unpaired) electrons. The molecule has 0 aliphatic rings. The Bertz CT molecular complexity index is 142. The van der Waals surface area contributed by atoms with Gasteiger partial charge < -0.3 is 16.8 Å². The molecule has 0 aliphatic carbocycles. The zero-order chi connectivity index (χ0) is 8.91. The Morgan fingerprint density at radius 3 is 2.55 bits per heavy atom. The van der Waals surface area contributed by atoms with E-state index in [0.717, 1.165) is 0 Å². The van der Waals surface area contributed by atoms with Crippen molar-refractivity contribution in [3.63, 3.8) is 0 Å². The summed E-state index contributed by atoms with van der Waals surface area (Å²) in [7, 11) is 0. The fourth-order valence-corrected chi connectivity index (χ4v) is 0.837. The maximum absolute atomic E-state index is 10.8. The molecule has 4 nitrogen and oxygen atoms in total. The van der Waals surface area contributed by atoms with Crippen molar-refractivity contribution < 1.29 is 4.79 Å². The number of carbonyl (C=O) groups is 1. The van der Waals surface area contributed by atoms with E-state index in [1.807, 2.05) is 0 Å². The molecule has 0 saturated carbocycles. The highest BCUT2D eigenvalue weighted by molar-refractivity contribution is 7.80. The minimum absolute atomic E-state index is 0.377. The molecule has 0 unspecified atom stereocenters. The van der Waals surface area contributed by atoms with E-state index in [9.17, 15) is 4.79 Å². The van der Waals surface area contributed by atoms with Gasteiger partial charge in [-0.25, -0.2) is 0 Å². The Balaban J connectivity index is 3.99. The van der Waals surface area contributed by atoms with E-state index in [-0.39, 0.29) is 0 Å². The summed E-state index contributed by atoms with van der Waals surface area (Å²) >= 11 is 4.01. The van der Waals surface area contributed by atoms with Crippen LogP contribution in [0, 0.1) is 0 Å². The van der Waals surface area contributed by atoms with Crippen LogP contribution in [0.25, 0.3) is 0 Å². The van der Waals surface area contributed by atoms with Gasteiger partial charge in [-0.1, -0.05) is 0 Å². The summed E-state index contributed by atoms with van der Waals surface area (Å²) in [6, 6.07) is 0. The van der Waals surface area contributed by atoms with Gasteiger partial charge in [0.2, 0.25) is 5.91 Å². The second-order valence-electron chi connectivity index (χ2n) is 2.57. The van der Waals surface area contributed by atoms with Gasteiger partial charge >= 0.3 is 0 Å². The van der Waals surface area contributed by atoms with Gasteiger partial charge in [-0.3, -0.25) is 4.79 Å². The molecule has 0 rings (SSSR count). The lowest BCUT2D eigenvalue weighted by molar-refractivity contribution is -0.122. The number of hydrogen-bond donors (Lipinski definition) is 4. The van der Waals surface area contributed by atoms with Crippen molar-refractivity contribution in [1.82, 2.24) is 5.32 Å². The maximum atomic E-state index is 10.8. The van der Waals surface area contributed by atoms with Gasteiger partial charge in [0.05, 0.1) is 0 Å². The summed E-state index contributed by atoms with van der Waals surface area (Å²) in [5, 5.41) is 2.92. The Morgan fingerprint density at radius 2 is 2.27 bits per heavy atom. The summed E-state index contributed by atoms with van der Waals surface area (Å²) in [4.78, 5) is 10.8. The zero-order valence-electron chi connectivity index (χ0n) is 6.63. The number of carbonyl (C=O) groups excluding carboxylic acids is 1. The molecule has 5 N–H and O–H groups in total. The fraction of sp³-hybridized carbons (Fsp3) is 0.833. The molecule has 0 spiro atoms. The Hall–Kier alpha value is -0.260. The monoisotopic (exact) mass is 177 g/mol. The summed E-state index contributed by atoms with van der Waals surface area (Å²) in [6.45, 7) is 2.76. The van der Waals surface area contributed by atoms with Crippen molar-refractivity contribution in [2.75, 3.05) is 18.8 Å². The van der Waals surface area contributed by atoms with E-state index < -0.39 is 11.4 Å². The average Bonchev–Trinajstić information content (AvgIpc) is 2.00. The van der Waals surface area contributed by atoms with Crippen LogP contribution in [0.1, 0.15) is 6.92 Å². The molecule has 0 aromatic carbocycles. The molecule has 0 aromatic heterocycles. The van der Waals surface area contributed by atoms with Gasteiger partial charge in [0.1, 0.15) is 5.54 Å². The van der Waals surface area contributed by atoms with E-state index >= 15 is 0 Å². The van der Waals surface area contributed by atoms with Crippen LogP contribution in [0.3, 0.4) is 0 Å². The molecule has 0 heterocycles. The number of nitrogens with one attached hydrogen (secondary N) is 1. The summed E-state index contributed by atoms with van der Waals surface area (Å²) in [5.41, 5.74) is 9.65. The molecule has 66 valence electrons. The number of amides is 1. The molecular weight excluding hydrogens is 162 g/mol. The number of hydrogen-bond acceptors (Lipinski definition) is 4. The third-order valence-corrected chi connectivity index (χ3v) is 2.15. The summed E-state index contributed by atoms with van der Waals surface area (Å²) in [5.74, 6) is -0.0246. The first-order valence-corrected chi connectivity index (χ1v) is 4.06. The van der Waals surface area contributed by atoms with Gasteiger partial charge in [0.15, 0.2) is 0 Å². The third kappa shape index (κ3) is 3.09. The smallest absolute Gasteiger partial charge is 0.238 e. The summed E-state index contributed by atoms with van der Waals surface area (Å²) < 4.78 is 0. The highest BCUT2D eigenvalue weighted by Crippen LogP contribution is 2.03. The number of rotatable bonds is 5. The van der Waals surface area contributed by atoms with Gasteiger partial charge in [-0.2, -0.15) is 12.6 Å². The molecule has 0 aromatic rings.